The molecule has 2 aromatic rings. The van der Waals surface area contributed by atoms with Crippen LogP contribution in [0.3, 0.4) is 0 Å². The number of hydrogen-bond acceptors (Lipinski definition) is 5. The van der Waals surface area contributed by atoms with Crippen LogP contribution in [0.5, 0.6) is 5.75 Å². The summed E-state index contributed by atoms with van der Waals surface area (Å²) in [5.74, 6) is -0.232. The molecular formula is C22H20N2O5. The quantitative estimate of drug-likeness (QED) is 0.731. The molecule has 0 aromatic heterocycles. The molecule has 3 amide bonds. The zero-order valence-electron chi connectivity index (χ0n) is 16.0. The number of ketones is 1. The molecule has 4 rings (SSSR count). The Balaban J connectivity index is 1.42. The van der Waals surface area contributed by atoms with E-state index < -0.39 is 0 Å². The molecule has 0 N–H and O–H groups in total. The summed E-state index contributed by atoms with van der Waals surface area (Å²) < 4.78 is 5.17. The van der Waals surface area contributed by atoms with E-state index in [1.807, 2.05) is 0 Å². The first-order valence-corrected chi connectivity index (χ1v) is 9.48. The van der Waals surface area contributed by atoms with Crippen molar-refractivity contribution in [2.75, 3.05) is 25.1 Å². The van der Waals surface area contributed by atoms with Crippen LogP contribution in [-0.4, -0.2) is 48.6 Å². The third kappa shape index (κ3) is 3.29. The van der Waals surface area contributed by atoms with Gasteiger partial charge in [0.05, 0.1) is 23.9 Å². The van der Waals surface area contributed by atoms with Gasteiger partial charge >= 0.3 is 0 Å². The summed E-state index contributed by atoms with van der Waals surface area (Å²) in [5.41, 5.74) is 1.86. The van der Waals surface area contributed by atoms with Crippen molar-refractivity contribution in [3.8, 4) is 5.75 Å². The Labute approximate surface area is 167 Å². The van der Waals surface area contributed by atoms with Crippen LogP contribution in [-0.2, 0) is 4.79 Å². The van der Waals surface area contributed by atoms with Crippen molar-refractivity contribution in [3.05, 3.63) is 59.2 Å². The molecule has 29 heavy (non-hydrogen) atoms. The number of anilines is 1. The second-order valence-electron chi connectivity index (χ2n) is 7.01. The fraction of sp³-hybridized carbons (Fsp3) is 0.273. The Hall–Kier alpha value is -3.48. The zero-order valence-corrected chi connectivity index (χ0v) is 16.0. The number of carbonyl (C=O) groups excluding carboxylic acids is 4. The molecule has 0 unspecified atom stereocenters. The Morgan fingerprint density at radius 1 is 1.00 bits per heavy atom. The third-order valence-electron chi connectivity index (χ3n) is 5.31. The number of carbonyl (C=O) groups is 4. The van der Waals surface area contributed by atoms with Gasteiger partial charge in [0.15, 0.2) is 5.78 Å². The highest BCUT2D eigenvalue weighted by molar-refractivity contribution is 6.21. The van der Waals surface area contributed by atoms with Crippen molar-refractivity contribution in [1.29, 1.82) is 0 Å². The fourth-order valence-electron chi connectivity index (χ4n) is 3.79. The summed E-state index contributed by atoms with van der Waals surface area (Å²) in [6, 6.07) is 11.8. The van der Waals surface area contributed by atoms with Gasteiger partial charge in [-0.05, 0) is 36.8 Å². The normalized spacial score (nSPS) is 15.4. The molecule has 0 aliphatic carbocycles. The molecule has 2 aromatic carbocycles. The van der Waals surface area contributed by atoms with Gasteiger partial charge in [-0.15, -0.1) is 0 Å². The molecule has 0 spiro atoms. The minimum atomic E-state index is -0.320. The first kappa shape index (κ1) is 18.9. The van der Waals surface area contributed by atoms with Crippen LogP contribution < -0.4 is 9.64 Å². The van der Waals surface area contributed by atoms with Crippen LogP contribution in [0.25, 0.3) is 0 Å². The van der Waals surface area contributed by atoms with Gasteiger partial charge in [0.2, 0.25) is 5.91 Å². The molecule has 0 atom stereocenters. The van der Waals surface area contributed by atoms with Crippen molar-refractivity contribution in [2.24, 2.45) is 0 Å². The van der Waals surface area contributed by atoms with E-state index >= 15 is 0 Å². The molecular weight excluding hydrogens is 372 g/mol. The molecule has 2 aliphatic heterocycles. The maximum atomic E-state index is 12.8. The van der Waals surface area contributed by atoms with Crippen LogP contribution in [0.15, 0.2) is 42.5 Å². The molecule has 2 heterocycles. The van der Waals surface area contributed by atoms with E-state index in [0.29, 0.717) is 41.1 Å². The predicted molar refractivity (Wildman–Crippen MR) is 105 cm³/mol. The fourth-order valence-corrected chi connectivity index (χ4v) is 3.79. The minimum absolute atomic E-state index is 0.0195. The number of ether oxygens (including phenoxy) is 1. The monoisotopic (exact) mass is 392 g/mol. The number of imide groups is 1. The van der Waals surface area contributed by atoms with Crippen LogP contribution in [0.4, 0.5) is 5.69 Å². The summed E-state index contributed by atoms with van der Waals surface area (Å²) in [7, 11) is 1.52. The highest BCUT2D eigenvalue weighted by Crippen LogP contribution is 2.31. The largest absolute Gasteiger partial charge is 0.497 e. The van der Waals surface area contributed by atoms with E-state index in [2.05, 4.69) is 0 Å². The Morgan fingerprint density at radius 3 is 2.34 bits per heavy atom. The lowest BCUT2D eigenvalue weighted by Gasteiger charge is -2.29. The summed E-state index contributed by atoms with van der Waals surface area (Å²) in [4.78, 5) is 52.6. The predicted octanol–water partition coefficient (Wildman–Crippen LogP) is 2.69. The van der Waals surface area contributed by atoms with Crippen molar-refractivity contribution >= 4 is 29.2 Å². The summed E-state index contributed by atoms with van der Waals surface area (Å²) in [5, 5.41) is 0. The third-order valence-corrected chi connectivity index (χ3v) is 5.31. The lowest BCUT2D eigenvalue weighted by atomic mass is 9.99. The number of Topliss-reactive ketones (excluding diaryl/α,β-unsaturated/α-hetero) is 1. The van der Waals surface area contributed by atoms with Crippen molar-refractivity contribution in [1.82, 2.24) is 4.90 Å². The summed E-state index contributed by atoms with van der Waals surface area (Å²) in [6.07, 6.45) is 0.789. The lowest BCUT2D eigenvalue weighted by Crippen LogP contribution is -2.38. The number of rotatable bonds is 5. The van der Waals surface area contributed by atoms with Crippen LogP contribution in [0, 0.1) is 0 Å². The number of hydrogen-bond donors (Lipinski definition) is 0. The first-order valence-electron chi connectivity index (χ1n) is 9.48. The highest BCUT2D eigenvalue weighted by Gasteiger charge is 2.35. The molecule has 7 nitrogen and oxygen atoms in total. The smallest absolute Gasteiger partial charge is 0.261 e. The second-order valence-corrected chi connectivity index (χ2v) is 7.01. The van der Waals surface area contributed by atoms with E-state index in [0.717, 1.165) is 0 Å². The van der Waals surface area contributed by atoms with Crippen LogP contribution >= 0.6 is 0 Å². The van der Waals surface area contributed by atoms with E-state index in [4.69, 9.17) is 4.74 Å². The maximum absolute atomic E-state index is 12.8. The number of nitrogens with zero attached hydrogens (tertiary/aromatic N) is 2. The number of fused-ring (bicyclic) bond motifs is 2. The minimum Gasteiger partial charge on any atom is -0.497 e. The van der Waals surface area contributed by atoms with Crippen LogP contribution in [0.1, 0.15) is 50.3 Å². The first-order chi connectivity index (χ1) is 14.0. The maximum Gasteiger partial charge on any atom is 0.261 e. The van der Waals surface area contributed by atoms with Gasteiger partial charge in [0, 0.05) is 31.5 Å². The standard InChI is InChI=1S/C22H20N2O5/c1-29-14-8-9-18-17(13-14)19(25)10-12-23(18)20(26)7-4-11-24-21(27)15-5-2-3-6-16(15)22(24)28/h2-3,5-6,8-9,13H,4,7,10-12H2,1H3. The highest BCUT2D eigenvalue weighted by atomic mass is 16.5. The van der Waals surface area contributed by atoms with Gasteiger partial charge in [0.25, 0.3) is 11.8 Å². The van der Waals surface area contributed by atoms with Gasteiger partial charge in [-0.3, -0.25) is 24.1 Å². The summed E-state index contributed by atoms with van der Waals surface area (Å²) >= 11 is 0. The molecule has 0 fully saturated rings. The van der Waals surface area contributed by atoms with Crippen molar-refractivity contribution in [2.45, 2.75) is 19.3 Å². The van der Waals surface area contributed by atoms with Crippen molar-refractivity contribution < 1.29 is 23.9 Å². The second kappa shape index (κ2) is 7.50. The molecule has 0 saturated heterocycles. The summed E-state index contributed by atoms with van der Waals surface area (Å²) in [6.45, 7) is 0.504. The van der Waals surface area contributed by atoms with Crippen LogP contribution in [0.2, 0.25) is 0 Å². The molecule has 0 radical (unpaired) electrons. The van der Waals surface area contributed by atoms with E-state index in [1.165, 1.54) is 12.0 Å². The van der Waals surface area contributed by atoms with E-state index in [9.17, 15) is 19.2 Å². The van der Waals surface area contributed by atoms with E-state index in [1.54, 1.807) is 47.4 Å². The number of amides is 3. The topological polar surface area (TPSA) is 84.0 Å². The SMILES string of the molecule is COc1ccc2c(c1)C(=O)CCN2C(=O)CCCN1C(=O)c2ccccc2C1=O. The van der Waals surface area contributed by atoms with Gasteiger partial charge in [-0.1, -0.05) is 12.1 Å². The van der Waals surface area contributed by atoms with E-state index in [-0.39, 0.29) is 42.9 Å². The zero-order chi connectivity index (χ0) is 20.5. The molecule has 0 saturated carbocycles. The van der Waals surface area contributed by atoms with Gasteiger partial charge < -0.3 is 9.64 Å². The van der Waals surface area contributed by atoms with Gasteiger partial charge in [0.1, 0.15) is 5.75 Å². The van der Waals surface area contributed by atoms with Gasteiger partial charge in [-0.25, -0.2) is 0 Å². The number of methoxy groups -OCH3 is 1. The Morgan fingerprint density at radius 2 is 1.69 bits per heavy atom. The molecule has 7 heteroatoms. The van der Waals surface area contributed by atoms with Gasteiger partial charge in [-0.2, -0.15) is 0 Å². The molecule has 148 valence electrons. The van der Waals surface area contributed by atoms with Crippen molar-refractivity contribution in [3.63, 3.8) is 0 Å². The lowest BCUT2D eigenvalue weighted by molar-refractivity contribution is -0.118. The number of benzene rings is 2. The Bertz CT molecular complexity index is 995. The average molecular weight is 392 g/mol. The molecule has 0 bridgehead atoms. The average Bonchev–Trinajstić information content (AvgIpc) is 2.99. The molecule has 2 aliphatic rings. The Kier molecular flexibility index (Phi) is 4.88.